The number of anilines is 1. The molecule has 7 heteroatoms. The van der Waals surface area contributed by atoms with Gasteiger partial charge in [-0.25, -0.2) is 0 Å². The molecule has 0 amide bonds. The molecular formula is C18H24N4O3. The first-order valence-corrected chi connectivity index (χ1v) is 8.64. The van der Waals surface area contributed by atoms with Gasteiger partial charge in [0.05, 0.1) is 12.8 Å². The van der Waals surface area contributed by atoms with Gasteiger partial charge in [0.2, 0.25) is 0 Å². The van der Waals surface area contributed by atoms with Gasteiger partial charge in [0.1, 0.15) is 5.75 Å². The number of ether oxygens (including phenoxy) is 1. The minimum atomic E-state index is -0.108. The molecule has 7 nitrogen and oxygen atoms in total. The Morgan fingerprint density at radius 2 is 2.08 bits per heavy atom. The van der Waals surface area contributed by atoms with Gasteiger partial charge in [0.25, 0.3) is 0 Å². The summed E-state index contributed by atoms with van der Waals surface area (Å²) in [4.78, 5) is 14.3. The molecule has 1 aliphatic rings. The number of methoxy groups -OCH3 is 1. The quantitative estimate of drug-likeness (QED) is 0.810. The van der Waals surface area contributed by atoms with E-state index in [0.29, 0.717) is 12.1 Å². The van der Waals surface area contributed by atoms with E-state index >= 15 is 0 Å². The first-order valence-electron chi connectivity index (χ1n) is 8.64. The number of benzene rings is 1. The summed E-state index contributed by atoms with van der Waals surface area (Å²) in [7, 11) is 1.62. The van der Waals surface area contributed by atoms with Gasteiger partial charge in [-0.2, -0.15) is 4.68 Å². The predicted octanol–water partition coefficient (Wildman–Crippen LogP) is 2.22. The van der Waals surface area contributed by atoms with Crippen LogP contribution in [0.1, 0.15) is 43.1 Å². The summed E-state index contributed by atoms with van der Waals surface area (Å²) in [5, 5.41) is 17.8. The number of piperidine rings is 1. The van der Waals surface area contributed by atoms with Crippen LogP contribution in [0.3, 0.4) is 0 Å². The number of aromatic nitrogens is 3. The van der Waals surface area contributed by atoms with E-state index in [4.69, 9.17) is 4.74 Å². The largest absolute Gasteiger partial charge is 0.497 e. The van der Waals surface area contributed by atoms with Crippen LogP contribution in [0, 0.1) is 0 Å². The number of aliphatic hydroxyl groups is 1. The lowest BCUT2D eigenvalue weighted by Crippen LogP contribution is -2.42. The molecule has 0 bridgehead atoms. The molecule has 0 radical (unpaired) electrons. The van der Waals surface area contributed by atoms with Crippen LogP contribution in [0.25, 0.3) is 5.69 Å². The Morgan fingerprint density at radius 3 is 2.72 bits per heavy atom. The summed E-state index contributed by atoms with van der Waals surface area (Å²) in [6.45, 7) is 2.46. The van der Waals surface area contributed by atoms with Gasteiger partial charge in [-0.15, -0.1) is 5.10 Å². The third kappa shape index (κ3) is 3.51. The van der Waals surface area contributed by atoms with Crippen LogP contribution in [0.2, 0.25) is 0 Å². The van der Waals surface area contributed by atoms with Gasteiger partial charge >= 0.3 is 0 Å². The maximum Gasteiger partial charge on any atom is 0.183 e. The normalized spacial score (nSPS) is 17.6. The van der Waals surface area contributed by atoms with Crippen molar-refractivity contribution in [1.82, 2.24) is 15.0 Å². The summed E-state index contributed by atoms with van der Waals surface area (Å²) in [5.74, 6) is 1.37. The highest BCUT2D eigenvalue weighted by Crippen LogP contribution is 2.31. The molecule has 2 heterocycles. The lowest BCUT2D eigenvalue weighted by Gasteiger charge is -2.37. The van der Waals surface area contributed by atoms with E-state index in [1.54, 1.807) is 11.8 Å². The lowest BCUT2D eigenvalue weighted by atomic mass is 9.99. The second-order valence-corrected chi connectivity index (χ2v) is 6.28. The summed E-state index contributed by atoms with van der Waals surface area (Å²) in [6, 6.07) is 7.69. The standard InChI is InChI=1S/C18H24N4O3/c1-13(24)17-18(21-11-4-3-5-14(21)10-12-23)22(20-19-17)15-6-8-16(25-2)9-7-15/h6-9,14,23H,3-5,10-12H2,1-2H3. The number of nitrogens with zero attached hydrogens (tertiary/aromatic N) is 4. The van der Waals surface area contributed by atoms with E-state index in [2.05, 4.69) is 15.2 Å². The van der Waals surface area contributed by atoms with Crippen molar-refractivity contribution in [3.63, 3.8) is 0 Å². The molecule has 1 saturated heterocycles. The van der Waals surface area contributed by atoms with Crippen molar-refractivity contribution in [2.45, 2.75) is 38.6 Å². The van der Waals surface area contributed by atoms with E-state index < -0.39 is 0 Å². The number of rotatable bonds is 6. The average molecular weight is 344 g/mol. The fourth-order valence-corrected chi connectivity index (χ4v) is 3.39. The van der Waals surface area contributed by atoms with Crippen molar-refractivity contribution in [3.8, 4) is 11.4 Å². The number of hydrogen-bond donors (Lipinski definition) is 1. The van der Waals surface area contributed by atoms with Crippen molar-refractivity contribution in [1.29, 1.82) is 0 Å². The van der Waals surface area contributed by atoms with E-state index in [-0.39, 0.29) is 18.4 Å². The van der Waals surface area contributed by atoms with Crippen LogP contribution in [-0.2, 0) is 0 Å². The third-order valence-electron chi connectivity index (χ3n) is 4.66. The molecule has 1 aromatic carbocycles. The Kier molecular flexibility index (Phi) is 5.33. The Morgan fingerprint density at radius 1 is 1.32 bits per heavy atom. The second-order valence-electron chi connectivity index (χ2n) is 6.28. The number of ketones is 1. The van der Waals surface area contributed by atoms with Crippen LogP contribution in [0.4, 0.5) is 5.82 Å². The smallest absolute Gasteiger partial charge is 0.183 e. The molecule has 3 rings (SSSR count). The van der Waals surface area contributed by atoms with Gasteiger partial charge < -0.3 is 14.7 Å². The van der Waals surface area contributed by atoms with Crippen molar-refractivity contribution in [3.05, 3.63) is 30.0 Å². The van der Waals surface area contributed by atoms with Crippen LogP contribution in [-0.4, -0.2) is 52.2 Å². The van der Waals surface area contributed by atoms with Gasteiger partial charge in [-0.1, -0.05) is 5.21 Å². The summed E-state index contributed by atoms with van der Waals surface area (Å²) in [5.41, 5.74) is 1.20. The molecule has 1 atom stereocenters. The summed E-state index contributed by atoms with van der Waals surface area (Å²) >= 11 is 0. The first kappa shape index (κ1) is 17.4. The monoisotopic (exact) mass is 344 g/mol. The number of carbonyl (C=O) groups is 1. The highest BCUT2D eigenvalue weighted by atomic mass is 16.5. The zero-order valence-corrected chi connectivity index (χ0v) is 14.7. The number of hydrogen-bond acceptors (Lipinski definition) is 6. The van der Waals surface area contributed by atoms with E-state index in [0.717, 1.165) is 43.1 Å². The lowest BCUT2D eigenvalue weighted by molar-refractivity contribution is 0.101. The highest BCUT2D eigenvalue weighted by Gasteiger charge is 2.30. The number of carbonyl (C=O) groups excluding carboxylic acids is 1. The number of Topliss-reactive ketones (excluding diaryl/α,β-unsaturated/α-hetero) is 1. The minimum Gasteiger partial charge on any atom is -0.497 e. The molecule has 0 spiro atoms. The minimum absolute atomic E-state index is 0.108. The molecule has 1 aliphatic heterocycles. The maximum atomic E-state index is 12.1. The molecule has 1 aromatic heterocycles. The van der Waals surface area contributed by atoms with Gasteiger partial charge in [-0.05, 0) is 49.9 Å². The van der Waals surface area contributed by atoms with E-state index in [1.165, 1.54) is 6.92 Å². The highest BCUT2D eigenvalue weighted by molar-refractivity contribution is 5.97. The maximum absolute atomic E-state index is 12.1. The van der Waals surface area contributed by atoms with Crippen LogP contribution in [0.5, 0.6) is 5.75 Å². The fourth-order valence-electron chi connectivity index (χ4n) is 3.39. The first-order chi connectivity index (χ1) is 12.2. The summed E-state index contributed by atoms with van der Waals surface area (Å²) < 4.78 is 6.92. The van der Waals surface area contributed by atoms with Crippen LogP contribution < -0.4 is 9.64 Å². The predicted molar refractivity (Wildman–Crippen MR) is 94.6 cm³/mol. The van der Waals surface area contributed by atoms with Gasteiger partial charge in [0.15, 0.2) is 17.3 Å². The molecule has 134 valence electrons. The number of aliphatic hydroxyl groups excluding tert-OH is 1. The molecule has 1 N–H and O–H groups in total. The topological polar surface area (TPSA) is 80.5 Å². The van der Waals surface area contributed by atoms with Crippen molar-refractivity contribution >= 4 is 11.6 Å². The van der Waals surface area contributed by atoms with Crippen LogP contribution in [0.15, 0.2) is 24.3 Å². The molecule has 2 aromatic rings. The molecule has 1 unspecified atom stereocenters. The van der Waals surface area contributed by atoms with Crippen molar-refractivity contribution < 1.29 is 14.6 Å². The Bertz CT molecular complexity index is 724. The SMILES string of the molecule is COc1ccc(-n2nnc(C(C)=O)c2N2CCCCC2CCO)cc1. The van der Waals surface area contributed by atoms with Crippen molar-refractivity contribution in [2.24, 2.45) is 0 Å². The average Bonchev–Trinajstić information content (AvgIpc) is 3.07. The molecule has 1 fully saturated rings. The third-order valence-corrected chi connectivity index (χ3v) is 4.66. The Labute approximate surface area is 147 Å². The molecule has 0 aliphatic carbocycles. The van der Waals surface area contributed by atoms with E-state index in [1.807, 2.05) is 24.3 Å². The van der Waals surface area contributed by atoms with E-state index in [9.17, 15) is 9.90 Å². The Balaban J connectivity index is 2.06. The van der Waals surface area contributed by atoms with Crippen LogP contribution >= 0.6 is 0 Å². The Hall–Kier alpha value is -2.41. The fraction of sp³-hybridized carbons (Fsp3) is 0.500. The van der Waals surface area contributed by atoms with Crippen molar-refractivity contribution in [2.75, 3.05) is 25.2 Å². The zero-order chi connectivity index (χ0) is 17.8. The van der Waals surface area contributed by atoms with Gasteiger partial charge in [0, 0.05) is 26.1 Å². The zero-order valence-electron chi connectivity index (χ0n) is 14.7. The van der Waals surface area contributed by atoms with Gasteiger partial charge in [-0.3, -0.25) is 4.79 Å². The molecular weight excluding hydrogens is 320 g/mol. The molecule has 0 saturated carbocycles. The second kappa shape index (κ2) is 7.65. The summed E-state index contributed by atoms with van der Waals surface area (Å²) in [6.07, 6.45) is 3.84. The molecule has 25 heavy (non-hydrogen) atoms.